The Morgan fingerprint density at radius 3 is 2.16 bits per heavy atom. The number of halogens is 3. The van der Waals surface area contributed by atoms with Crippen LogP contribution in [0.3, 0.4) is 0 Å². The molecular weight excluding hydrogens is 314 g/mol. The Labute approximate surface area is 122 Å². The molecule has 19 heavy (non-hydrogen) atoms. The molecule has 1 aromatic rings. The molecule has 1 nitrogen and oxygen atoms in total. The average Bonchev–Trinajstić information content (AvgIpc) is 2.32. The number of rotatable bonds is 8. The Balaban J connectivity index is 2.43. The summed E-state index contributed by atoms with van der Waals surface area (Å²) in [6.45, 7) is 2.16. The lowest BCUT2D eigenvalue weighted by Gasteiger charge is -2.13. The Morgan fingerprint density at radius 1 is 1.05 bits per heavy atom. The molecule has 1 aromatic carbocycles. The quantitative estimate of drug-likeness (QED) is 0.621. The monoisotopic (exact) mass is 334 g/mol. The standard InChI is InChI=1S/C15H21BrF2O/c1-2-3-4-5-6-7-8-14(19)15-12(17)9-11(16)10-13(15)18/h9-10,14,19H,2-8H2,1H3. The molecule has 0 heterocycles. The minimum absolute atomic E-state index is 0.211. The van der Waals surface area contributed by atoms with E-state index in [4.69, 9.17) is 0 Å². The van der Waals surface area contributed by atoms with E-state index in [0.29, 0.717) is 10.9 Å². The molecule has 108 valence electrons. The van der Waals surface area contributed by atoms with Crippen molar-refractivity contribution in [3.8, 4) is 0 Å². The van der Waals surface area contributed by atoms with Crippen molar-refractivity contribution < 1.29 is 13.9 Å². The first-order valence-electron chi connectivity index (χ1n) is 6.88. The van der Waals surface area contributed by atoms with Crippen molar-refractivity contribution >= 4 is 15.9 Å². The van der Waals surface area contributed by atoms with Crippen LogP contribution in [0.4, 0.5) is 8.78 Å². The summed E-state index contributed by atoms with van der Waals surface area (Å²) in [4.78, 5) is 0. The van der Waals surface area contributed by atoms with E-state index in [9.17, 15) is 13.9 Å². The zero-order valence-electron chi connectivity index (χ0n) is 11.3. The Hall–Kier alpha value is -0.480. The van der Waals surface area contributed by atoms with Crippen LogP contribution in [-0.4, -0.2) is 5.11 Å². The number of hydrogen-bond acceptors (Lipinski definition) is 1. The molecule has 0 saturated heterocycles. The molecule has 0 fully saturated rings. The second-order valence-corrected chi connectivity index (χ2v) is 5.77. The van der Waals surface area contributed by atoms with Crippen molar-refractivity contribution in [2.75, 3.05) is 0 Å². The van der Waals surface area contributed by atoms with E-state index < -0.39 is 17.7 Å². The van der Waals surface area contributed by atoms with Crippen molar-refractivity contribution in [2.24, 2.45) is 0 Å². The summed E-state index contributed by atoms with van der Waals surface area (Å²) in [5.41, 5.74) is -0.211. The van der Waals surface area contributed by atoms with Gasteiger partial charge < -0.3 is 5.11 Å². The van der Waals surface area contributed by atoms with Gasteiger partial charge in [0.05, 0.1) is 11.7 Å². The van der Waals surface area contributed by atoms with Gasteiger partial charge in [-0.2, -0.15) is 0 Å². The van der Waals surface area contributed by atoms with Crippen LogP contribution in [0.5, 0.6) is 0 Å². The van der Waals surface area contributed by atoms with Crippen LogP contribution in [0, 0.1) is 11.6 Å². The van der Waals surface area contributed by atoms with Gasteiger partial charge in [0.2, 0.25) is 0 Å². The lowest BCUT2D eigenvalue weighted by molar-refractivity contribution is 0.154. The van der Waals surface area contributed by atoms with Crippen molar-refractivity contribution in [1.82, 2.24) is 0 Å². The van der Waals surface area contributed by atoms with E-state index in [0.717, 1.165) is 19.3 Å². The van der Waals surface area contributed by atoms with E-state index in [2.05, 4.69) is 22.9 Å². The summed E-state index contributed by atoms with van der Waals surface area (Å²) < 4.78 is 27.6. The molecule has 1 N–H and O–H groups in total. The second kappa shape index (κ2) is 8.64. The third-order valence-corrected chi connectivity index (χ3v) is 3.67. The molecule has 1 unspecified atom stereocenters. The highest BCUT2D eigenvalue weighted by atomic mass is 79.9. The van der Waals surface area contributed by atoms with Gasteiger partial charge in [-0.3, -0.25) is 0 Å². The molecule has 0 aliphatic rings. The van der Waals surface area contributed by atoms with E-state index in [1.807, 2.05) is 0 Å². The van der Waals surface area contributed by atoms with Gasteiger partial charge in [-0.15, -0.1) is 0 Å². The normalized spacial score (nSPS) is 12.7. The minimum atomic E-state index is -1.06. The van der Waals surface area contributed by atoms with Gasteiger partial charge in [-0.1, -0.05) is 61.4 Å². The highest BCUT2D eigenvalue weighted by Crippen LogP contribution is 2.28. The van der Waals surface area contributed by atoms with Crippen LogP contribution < -0.4 is 0 Å². The number of aliphatic hydroxyl groups is 1. The molecule has 0 aromatic heterocycles. The van der Waals surface area contributed by atoms with Crippen LogP contribution in [0.2, 0.25) is 0 Å². The summed E-state index contributed by atoms with van der Waals surface area (Å²) in [6, 6.07) is 2.37. The number of benzene rings is 1. The SMILES string of the molecule is CCCCCCCCC(O)c1c(F)cc(Br)cc1F. The van der Waals surface area contributed by atoms with E-state index in [1.165, 1.54) is 31.4 Å². The molecule has 0 saturated carbocycles. The number of unbranched alkanes of at least 4 members (excludes halogenated alkanes) is 5. The van der Waals surface area contributed by atoms with Gasteiger partial charge in [-0.25, -0.2) is 8.78 Å². The third kappa shape index (κ3) is 5.57. The molecule has 1 rings (SSSR count). The fraction of sp³-hybridized carbons (Fsp3) is 0.600. The fourth-order valence-corrected chi connectivity index (χ4v) is 2.54. The summed E-state index contributed by atoms with van der Waals surface area (Å²) >= 11 is 3.02. The molecule has 1 atom stereocenters. The molecule has 0 aliphatic heterocycles. The van der Waals surface area contributed by atoms with Crippen LogP contribution in [0.1, 0.15) is 63.5 Å². The molecule has 0 aliphatic carbocycles. The molecule has 0 amide bonds. The van der Waals surface area contributed by atoms with Gasteiger partial charge in [0, 0.05) is 4.47 Å². The zero-order valence-corrected chi connectivity index (χ0v) is 12.8. The maximum atomic E-state index is 13.6. The summed E-state index contributed by atoms with van der Waals surface area (Å²) in [5.74, 6) is -1.38. The van der Waals surface area contributed by atoms with Crippen molar-refractivity contribution in [2.45, 2.75) is 58.0 Å². The minimum Gasteiger partial charge on any atom is -0.388 e. The lowest BCUT2D eigenvalue weighted by Crippen LogP contribution is -2.04. The van der Waals surface area contributed by atoms with Gasteiger partial charge in [-0.05, 0) is 18.6 Å². The predicted molar refractivity (Wildman–Crippen MR) is 77.0 cm³/mol. The Bertz CT molecular complexity index is 373. The van der Waals surface area contributed by atoms with E-state index >= 15 is 0 Å². The first kappa shape index (κ1) is 16.6. The van der Waals surface area contributed by atoms with Crippen LogP contribution in [-0.2, 0) is 0 Å². The lowest BCUT2D eigenvalue weighted by atomic mass is 10.0. The topological polar surface area (TPSA) is 20.2 Å². The van der Waals surface area contributed by atoms with Gasteiger partial charge >= 0.3 is 0 Å². The summed E-state index contributed by atoms with van der Waals surface area (Å²) in [6.07, 6.45) is 5.85. The smallest absolute Gasteiger partial charge is 0.133 e. The predicted octanol–water partition coefficient (Wildman–Crippen LogP) is 5.51. The van der Waals surface area contributed by atoms with Gasteiger partial charge in [0.15, 0.2) is 0 Å². The molecular formula is C15H21BrF2O. The maximum Gasteiger partial charge on any atom is 0.133 e. The van der Waals surface area contributed by atoms with Crippen LogP contribution >= 0.6 is 15.9 Å². The molecule has 0 radical (unpaired) electrons. The first-order chi connectivity index (χ1) is 9.06. The fourth-order valence-electron chi connectivity index (χ4n) is 2.13. The summed E-state index contributed by atoms with van der Waals surface area (Å²) in [5, 5.41) is 9.88. The van der Waals surface area contributed by atoms with Crippen LogP contribution in [0.15, 0.2) is 16.6 Å². The third-order valence-electron chi connectivity index (χ3n) is 3.21. The average molecular weight is 335 g/mol. The largest absolute Gasteiger partial charge is 0.388 e. The highest BCUT2D eigenvalue weighted by molar-refractivity contribution is 9.10. The highest BCUT2D eigenvalue weighted by Gasteiger charge is 2.18. The second-order valence-electron chi connectivity index (χ2n) is 4.86. The van der Waals surface area contributed by atoms with Crippen LogP contribution in [0.25, 0.3) is 0 Å². The zero-order chi connectivity index (χ0) is 14.3. The van der Waals surface area contributed by atoms with E-state index in [-0.39, 0.29) is 5.56 Å². The van der Waals surface area contributed by atoms with Crippen molar-refractivity contribution in [1.29, 1.82) is 0 Å². The Morgan fingerprint density at radius 2 is 1.58 bits per heavy atom. The summed E-state index contributed by atoms with van der Waals surface area (Å²) in [7, 11) is 0. The Kier molecular flexibility index (Phi) is 7.54. The maximum absolute atomic E-state index is 13.6. The van der Waals surface area contributed by atoms with Gasteiger partial charge in [0.25, 0.3) is 0 Å². The van der Waals surface area contributed by atoms with E-state index in [1.54, 1.807) is 0 Å². The first-order valence-corrected chi connectivity index (χ1v) is 7.68. The van der Waals surface area contributed by atoms with Crippen molar-refractivity contribution in [3.05, 3.63) is 33.8 Å². The number of hydrogen-bond donors (Lipinski definition) is 1. The number of aliphatic hydroxyl groups excluding tert-OH is 1. The molecule has 0 bridgehead atoms. The molecule has 0 spiro atoms. The van der Waals surface area contributed by atoms with Crippen molar-refractivity contribution in [3.63, 3.8) is 0 Å². The van der Waals surface area contributed by atoms with Gasteiger partial charge in [0.1, 0.15) is 11.6 Å². The molecule has 4 heteroatoms.